The molecular formula is C13H25N. The molecule has 2 saturated carbocycles. The molecule has 0 amide bonds. The summed E-state index contributed by atoms with van der Waals surface area (Å²) in [7, 11) is 0. The number of rotatable bonds is 1. The van der Waals surface area contributed by atoms with Crippen LogP contribution < -0.4 is 5.73 Å². The van der Waals surface area contributed by atoms with Gasteiger partial charge in [-0.15, -0.1) is 0 Å². The molecule has 0 aromatic heterocycles. The Morgan fingerprint density at radius 1 is 1.14 bits per heavy atom. The maximum Gasteiger partial charge on any atom is 0.0130 e. The van der Waals surface area contributed by atoms with Crippen molar-refractivity contribution in [3.8, 4) is 0 Å². The van der Waals surface area contributed by atoms with Crippen LogP contribution in [-0.4, -0.2) is 6.04 Å². The fourth-order valence-electron chi connectivity index (χ4n) is 3.68. The standard InChI is InChI=1S/C13H25N/c1-12(2)7-5-6-9(8-12)10-11(14)13(10,3)4/h9-11H,5-8,14H2,1-4H3/t9?,10-,11-/m0/s1. The fraction of sp³-hybridized carbons (Fsp3) is 1.00. The van der Waals surface area contributed by atoms with Crippen LogP contribution in [0.4, 0.5) is 0 Å². The van der Waals surface area contributed by atoms with Crippen LogP contribution in [-0.2, 0) is 0 Å². The van der Waals surface area contributed by atoms with Crippen LogP contribution in [0.2, 0.25) is 0 Å². The highest BCUT2D eigenvalue weighted by atomic mass is 14.8. The Kier molecular flexibility index (Phi) is 2.23. The van der Waals surface area contributed by atoms with Gasteiger partial charge in [0.25, 0.3) is 0 Å². The second-order valence-corrected chi connectivity index (χ2v) is 6.89. The molecule has 2 rings (SSSR count). The molecule has 0 spiro atoms. The number of hydrogen-bond acceptors (Lipinski definition) is 1. The molecule has 0 radical (unpaired) electrons. The van der Waals surface area contributed by atoms with E-state index in [1.807, 2.05) is 0 Å². The van der Waals surface area contributed by atoms with E-state index in [-0.39, 0.29) is 0 Å². The minimum atomic E-state index is 0.429. The van der Waals surface area contributed by atoms with Gasteiger partial charge in [-0.25, -0.2) is 0 Å². The highest BCUT2D eigenvalue weighted by Gasteiger charge is 2.59. The lowest BCUT2D eigenvalue weighted by Crippen LogP contribution is -2.25. The van der Waals surface area contributed by atoms with E-state index < -0.39 is 0 Å². The average Bonchev–Trinajstić information content (AvgIpc) is 2.49. The zero-order chi connectivity index (χ0) is 10.6. The summed E-state index contributed by atoms with van der Waals surface area (Å²) < 4.78 is 0. The van der Waals surface area contributed by atoms with E-state index in [0.29, 0.717) is 16.9 Å². The summed E-state index contributed by atoms with van der Waals surface area (Å²) in [5.41, 5.74) is 7.16. The molecule has 2 fully saturated rings. The van der Waals surface area contributed by atoms with E-state index in [4.69, 9.17) is 5.73 Å². The van der Waals surface area contributed by atoms with Crippen LogP contribution in [0.3, 0.4) is 0 Å². The molecule has 0 aromatic rings. The van der Waals surface area contributed by atoms with Crippen LogP contribution in [0.1, 0.15) is 53.4 Å². The lowest BCUT2D eigenvalue weighted by molar-refractivity contribution is 0.154. The molecular weight excluding hydrogens is 170 g/mol. The van der Waals surface area contributed by atoms with Crippen molar-refractivity contribution >= 4 is 0 Å². The molecule has 2 aliphatic rings. The third-order valence-electron chi connectivity index (χ3n) is 4.75. The average molecular weight is 195 g/mol. The van der Waals surface area contributed by atoms with E-state index in [9.17, 15) is 0 Å². The SMILES string of the molecule is CC1(C)CCCC([C@H]2[C@H](N)C2(C)C)C1. The zero-order valence-electron chi connectivity index (χ0n) is 10.1. The summed E-state index contributed by atoms with van der Waals surface area (Å²) in [6.45, 7) is 9.51. The minimum Gasteiger partial charge on any atom is -0.327 e. The van der Waals surface area contributed by atoms with E-state index in [2.05, 4.69) is 27.7 Å². The van der Waals surface area contributed by atoms with Crippen molar-refractivity contribution in [2.45, 2.75) is 59.4 Å². The van der Waals surface area contributed by atoms with Crippen molar-refractivity contribution in [2.75, 3.05) is 0 Å². The van der Waals surface area contributed by atoms with Gasteiger partial charge in [0, 0.05) is 6.04 Å². The molecule has 0 aromatic carbocycles. The van der Waals surface area contributed by atoms with Gasteiger partial charge in [-0.05, 0) is 35.5 Å². The molecule has 2 N–H and O–H groups in total. The topological polar surface area (TPSA) is 26.0 Å². The third kappa shape index (κ3) is 1.60. The largest absolute Gasteiger partial charge is 0.327 e. The molecule has 1 heteroatoms. The van der Waals surface area contributed by atoms with E-state index in [1.54, 1.807) is 0 Å². The van der Waals surface area contributed by atoms with Crippen LogP contribution in [0.5, 0.6) is 0 Å². The van der Waals surface area contributed by atoms with Crippen molar-refractivity contribution in [2.24, 2.45) is 28.4 Å². The predicted molar refractivity (Wildman–Crippen MR) is 61.0 cm³/mol. The quantitative estimate of drug-likeness (QED) is 0.683. The van der Waals surface area contributed by atoms with E-state index >= 15 is 0 Å². The summed E-state index contributed by atoms with van der Waals surface area (Å²) in [6.07, 6.45) is 5.64. The monoisotopic (exact) mass is 195 g/mol. The molecule has 0 heterocycles. The van der Waals surface area contributed by atoms with Gasteiger partial charge < -0.3 is 5.73 Å². The molecule has 1 unspecified atom stereocenters. The molecule has 0 saturated heterocycles. The lowest BCUT2D eigenvalue weighted by Gasteiger charge is -2.36. The second-order valence-electron chi connectivity index (χ2n) is 6.89. The predicted octanol–water partition coefficient (Wildman–Crippen LogP) is 3.19. The van der Waals surface area contributed by atoms with Crippen molar-refractivity contribution in [3.05, 3.63) is 0 Å². The Morgan fingerprint density at radius 2 is 1.71 bits per heavy atom. The Labute approximate surface area is 88.4 Å². The lowest BCUT2D eigenvalue weighted by atomic mass is 9.70. The van der Waals surface area contributed by atoms with Gasteiger partial charge in [-0.2, -0.15) is 0 Å². The van der Waals surface area contributed by atoms with E-state index in [0.717, 1.165) is 11.8 Å². The highest BCUT2D eigenvalue weighted by Crippen LogP contribution is 2.59. The highest BCUT2D eigenvalue weighted by molar-refractivity contribution is 5.12. The Balaban J connectivity index is 2.00. The van der Waals surface area contributed by atoms with Crippen molar-refractivity contribution in [1.82, 2.24) is 0 Å². The number of hydrogen-bond donors (Lipinski definition) is 1. The molecule has 3 atom stereocenters. The van der Waals surface area contributed by atoms with Crippen LogP contribution >= 0.6 is 0 Å². The van der Waals surface area contributed by atoms with Gasteiger partial charge in [0.15, 0.2) is 0 Å². The van der Waals surface area contributed by atoms with Gasteiger partial charge in [-0.1, -0.05) is 40.5 Å². The fourth-order valence-corrected chi connectivity index (χ4v) is 3.68. The molecule has 14 heavy (non-hydrogen) atoms. The van der Waals surface area contributed by atoms with Crippen molar-refractivity contribution < 1.29 is 0 Å². The van der Waals surface area contributed by atoms with E-state index in [1.165, 1.54) is 25.7 Å². The van der Waals surface area contributed by atoms with Gasteiger partial charge in [0.1, 0.15) is 0 Å². The van der Waals surface area contributed by atoms with Crippen molar-refractivity contribution in [1.29, 1.82) is 0 Å². The molecule has 1 nitrogen and oxygen atoms in total. The first-order valence-electron chi connectivity index (χ1n) is 6.10. The summed E-state index contributed by atoms with van der Waals surface area (Å²) in [5, 5.41) is 0. The van der Waals surface area contributed by atoms with Crippen LogP contribution in [0, 0.1) is 22.7 Å². The number of nitrogens with two attached hydrogens (primary N) is 1. The summed E-state index contributed by atoms with van der Waals surface area (Å²) >= 11 is 0. The zero-order valence-corrected chi connectivity index (χ0v) is 10.1. The molecule has 82 valence electrons. The summed E-state index contributed by atoms with van der Waals surface area (Å²) in [6, 6.07) is 0.474. The first-order valence-corrected chi connectivity index (χ1v) is 6.10. The van der Waals surface area contributed by atoms with Crippen LogP contribution in [0.15, 0.2) is 0 Å². The molecule has 2 aliphatic carbocycles. The summed E-state index contributed by atoms with van der Waals surface area (Å²) in [5.74, 6) is 1.71. The Bertz CT molecular complexity index is 227. The Hall–Kier alpha value is -0.0400. The Morgan fingerprint density at radius 3 is 2.14 bits per heavy atom. The smallest absolute Gasteiger partial charge is 0.0130 e. The maximum absolute atomic E-state index is 6.16. The second kappa shape index (κ2) is 2.98. The first kappa shape index (κ1) is 10.5. The summed E-state index contributed by atoms with van der Waals surface area (Å²) in [4.78, 5) is 0. The molecule has 0 bridgehead atoms. The maximum atomic E-state index is 6.16. The van der Waals surface area contributed by atoms with Gasteiger partial charge in [0.2, 0.25) is 0 Å². The van der Waals surface area contributed by atoms with Crippen LogP contribution in [0.25, 0.3) is 0 Å². The minimum absolute atomic E-state index is 0.429. The first-order chi connectivity index (χ1) is 6.34. The molecule has 0 aliphatic heterocycles. The normalized spacial score (nSPS) is 44.8. The van der Waals surface area contributed by atoms with Gasteiger partial charge in [-0.3, -0.25) is 0 Å². The van der Waals surface area contributed by atoms with Gasteiger partial charge in [0.05, 0.1) is 0 Å². The van der Waals surface area contributed by atoms with Crippen molar-refractivity contribution in [3.63, 3.8) is 0 Å². The third-order valence-corrected chi connectivity index (χ3v) is 4.75. The van der Waals surface area contributed by atoms with Gasteiger partial charge >= 0.3 is 0 Å².